The Kier molecular flexibility index (Phi) is 4.09. The first-order valence-electron chi connectivity index (χ1n) is 8.95. The number of imidazole rings is 1. The van der Waals surface area contributed by atoms with Crippen LogP contribution < -0.4 is 5.32 Å². The highest BCUT2D eigenvalue weighted by Gasteiger charge is 2.12. The summed E-state index contributed by atoms with van der Waals surface area (Å²) in [6.45, 7) is 2.76. The molecule has 0 spiro atoms. The van der Waals surface area contributed by atoms with E-state index in [-0.39, 0.29) is 0 Å². The minimum absolute atomic E-state index is 0.665. The van der Waals surface area contributed by atoms with Crippen LogP contribution in [0.4, 0.5) is 5.82 Å². The lowest BCUT2D eigenvalue weighted by atomic mass is 10.1. The molecule has 5 aromatic rings. The van der Waals surface area contributed by atoms with Crippen molar-refractivity contribution in [1.82, 2.24) is 24.6 Å². The van der Waals surface area contributed by atoms with Crippen molar-refractivity contribution in [2.24, 2.45) is 0 Å². The Morgan fingerprint density at radius 3 is 2.93 bits per heavy atom. The highest BCUT2D eigenvalue weighted by Crippen LogP contribution is 2.28. The van der Waals surface area contributed by atoms with E-state index >= 15 is 0 Å². The van der Waals surface area contributed by atoms with Gasteiger partial charge in [0.2, 0.25) is 0 Å². The smallest absolute Gasteiger partial charge is 0.172 e. The van der Waals surface area contributed by atoms with Gasteiger partial charge in [0.05, 0.1) is 33.7 Å². The lowest BCUT2D eigenvalue weighted by Crippen LogP contribution is -2.07. The third-order valence-electron chi connectivity index (χ3n) is 4.81. The van der Waals surface area contributed by atoms with Crippen molar-refractivity contribution in [3.05, 3.63) is 76.7 Å². The van der Waals surface area contributed by atoms with E-state index in [1.807, 2.05) is 28.8 Å². The van der Waals surface area contributed by atoms with Gasteiger partial charge >= 0.3 is 0 Å². The molecule has 0 amide bonds. The summed E-state index contributed by atoms with van der Waals surface area (Å²) in [6.07, 6.45) is 3.48. The Morgan fingerprint density at radius 2 is 2.04 bits per heavy atom. The molecule has 0 bridgehead atoms. The van der Waals surface area contributed by atoms with Crippen LogP contribution in [0.1, 0.15) is 11.1 Å². The Hall–Kier alpha value is -3.19. The molecule has 2 aromatic carbocycles. The largest absolute Gasteiger partial charge is 0.366 e. The monoisotopic (exact) mass is 432 g/mol. The highest BCUT2D eigenvalue weighted by atomic mass is 79.9. The number of anilines is 1. The van der Waals surface area contributed by atoms with Crippen LogP contribution in [0.3, 0.4) is 0 Å². The minimum Gasteiger partial charge on any atom is -0.366 e. The first-order valence-corrected chi connectivity index (χ1v) is 9.74. The Labute approximate surface area is 169 Å². The number of aromatic nitrogens is 5. The molecule has 3 heterocycles. The van der Waals surface area contributed by atoms with Crippen LogP contribution in [0.5, 0.6) is 0 Å². The van der Waals surface area contributed by atoms with Crippen LogP contribution in [0.15, 0.2) is 65.5 Å². The van der Waals surface area contributed by atoms with Gasteiger partial charge in [-0.15, -0.1) is 0 Å². The van der Waals surface area contributed by atoms with Crippen molar-refractivity contribution in [2.75, 3.05) is 5.32 Å². The van der Waals surface area contributed by atoms with E-state index in [0.717, 1.165) is 43.8 Å². The number of aryl methyl sites for hydroxylation is 1. The lowest BCUT2D eigenvalue weighted by molar-refractivity contribution is 0.927. The highest BCUT2D eigenvalue weighted by molar-refractivity contribution is 9.10. The predicted octanol–water partition coefficient (Wildman–Crippen LogP) is 4.96. The van der Waals surface area contributed by atoms with Crippen molar-refractivity contribution < 1.29 is 0 Å². The first-order chi connectivity index (χ1) is 13.7. The molecular formula is C21H17BrN6. The van der Waals surface area contributed by atoms with Gasteiger partial charge in [-0.25, -0.2) is 9.97 Å². The topological polar surface area (TPSA) is 70.9 Å². The molecule has 6 nitrogen and oxygen atoms in total. The molecule has 2 N–H and O–H groups in total. The van der Waals surface area contributed by atoms with Gasteiger partial charge < -0.3 is 10.3 Å². The summed E-state index contributed by atoms with van der Waals surface area (Å²) >= 11 is 3.56. The van der Waals surface area contributed by atoms with Gasteiger partial charge in [-0.1, -0.05) is 30.3 Å². The van der Waals surface area contributed by atoms with Gasteiger partial charge in [-0.2, -0.15) is 9.61 Å². The molecule has 0 radical (unpaired) electrons. The van der Waals surface area contributed by atoms with Gasteiger partial charge in [0.25, 0.3) is 0 Å². The van der Waals surface area contributed by atoms with Gasteiger partial charge in [0.1, 0.15) is 5.82 Å². The molecule has 0 saturated carbocycles. The molecule has 5 rings (SSSR count). The zero-order chi connectivity index (χ0) is 19.1. The molecule has 0 aliphatic heterocycles. The van der Waals surface area contributed by atoms with E-state index in [4.69, 9.17) is 4.98 Å². The fraction of sp³-hybridized carbons (Fsp3) is 0.0952. The van der Waals surface area contributed by atoms with E-state index in [2.05, 4.69) is 67.5 Å². The molecule has 28 heavy (non-hydrogen) atoms. The normalized spacial score (nSPS) is 11.4. The molecule has 7 heteroatoms. The van der Waals surface area contributed by atoms with Crippen LogP contribution in [-0.2, 0) is 6.54 Å². The second-order valence-electron chi connectivity index (χ2n) is 6.68. The van der Waals surface area contributed by atoms with Gasteiger partial charge in [-0.3, -0.25) is 0 Å². The molecule has 0 aliphatic rings. The second-order valence-corrected chi connectivity index (χ2v) is 7.53. The van der Waals surface area contributed by atoms with Crippen LogP contribution >= 0.6 is 15.9 Å². The standard InChI is InChI=1S/C21H17BrN6/c1-13-4-2-3-5-15(13)18-9-20(28-21(27-18)16(22)11-26-28)23-10-14-6-7-17-19(8-14)25-12-24-17/h2-9,11-12,23H,10H2,1H3,(H,24,25). The summed E-state index contributed by atoms with van der Waals surface area (Å²) in [5, 5.41) is 7.97. The van der Waals surface area contributed by atoms with E-state index < -0.39 is 0 Å². The minimum atomic E-state index is 0.665. The second kappa shape index (κ2) is 6.76. The van der Waals surface area contributed by atoms with Crippen molar-refractivity contribution >= 4 is 38.4 Å². The molecule has 138 valence electrons. The van der Waals surface area contributed by atoms with E-state index in [1.54, 1.807) is 12.5 Å². The summed E-state index contributed by atoms with van der Waals surface area (Å²) < 4.78 is 2.69. The van der Waals surface area contributed by atoms with Gasteiger partial charge in [0.15, 0.2) is 5.65 Å². The maximum absolute atomic E-state index is 4.82. The molecule has 0 unspecified atom stereocenters. The average molecular weight is 433 g/mol. The zero-order valence-electron chi connectivity index (χ0n) is 15.1. The van der Waals surface area contributed by atoms with Crippen molar-refractivity contribution in [1.29, 1.82) is 0 Å². The summed E-state index contributed by atoms with van der Waals surface area (Å²) in [7, 11) is 0. The van der Waals surface area contributed by atoms with E-state index in [1.165, 1.54) is 5.56 Å². The first kappa shape index (κ1) is 16.9. The summed E-state index contributed by atoms with van der Waals surface area (Å²) in [5.41, 5.74) is 7.15. The number of aromatic amines is 1. The fourth-order valence-corrected chi connectivity index (χ4v) is 3.69. The predicted molar refractivity (Wildman–Crippen MR) is 114 cm³/mol. The number of hydrogen-bond donors (Lipinski definition) is 2. The molecular weight excluding hydrogens is 416 g/mol. The fourth-order valence-electron chi connectivity index (χ4n) is 3.35. The number of nitrogens with one attached hydrogen (secondary N) is 2. The van der Waals surface area contributed by atoms with Crippen LogP contribution in [0.25, 0.3) is 27.9 Å². The molecule has 0 atom stereocenters. The maximum Gasteiger partial charge on any atom is 0.172 e. The third-order valence-corrected chi connectivity index (χ3v) is 5.37. The number of benzene rings is 2. The van der Waals surface area contributed by atoms with Crippen LogP contribution in [0, 0.1) is 6.92 Å². The lowest BCUT2D eigenvalue weighted by Gasteiger charge is -2.12. The molecule has 0 fully saturated rings. The quantitative estimate of drug-likeness (QED) is 0.421. The number of hydrogen-bond acceptors (Lipinski definition) is 4. The Bertz CT molecular complexity index is 1300. The van der Waals surface area contributed by atoms with Crippen LogP contribution in [-0.4, -0.2) is 24.6 Å². The van der Waals surface area contributed by atoms with Gasteiger partial charge in [-0.05, 0) is 46.1 Å². The van der Waals surface area contributed by atoms with E-state index in [9.17, 15) is 0 Å². The Balaban J connectivity index is 1.55. The number of rotatable bonds is 4. The zero-order valence-corrected chi connectivity index (χ0v) is 16.7. The number of H-pyrrole nitrogens is 1. The third kappa shape index (κ3) is 2.93. The van der Waals surface area contributed by atoms with Crippen LogP contribution in [0.2, 0.25) is 0 Å². The van der Waals surface area contributed by atoms with Crippen molar-refractivity contribution in [3.63, 3.8) is 0 Å². The molecule has 0 saturated heterocycles. The summed E-state index contributed by atoms with van der Waals surface area (Å²) in [6, 6.07) is 16.5. The Morgan fingerprint density at radius 1 is 1.14 bits per heavy atom. The van der Waals surface area contributed by atoms with Gasteiger partial charge in [0, 0.05) is 18.2 Å². The SMILES string of the molecule is Cc1ccccc1-c1cc(NCc2ccc3nc[nH]c3c2)n2ncc(Br)c2n1. The average Bonchev–Trinajstić information content (AvgIpc) is 3.33. The van der Waals surface area contributed by atoms with Crippen molar-refractivity contribution in [2.45, 2.75) is 13.5 Å². The molecule has 3 aromatic heterocycles. The maximum atomic E-state index is 4.82. The summed E-state index contributed by atoms with van der Waals surface area (Å²) in [5.74, 6) is 0.888. The molecule has 0 aliphatic carbocycles. The van der Waals surface area contributed by atoms with E-state index in [0.29, 0.717) is 6.54 Å². The number of nitrogens with zero attached hydrogens (tertiary/aromatic N) is 4. The number of halogens is 1. The number of fused-ring (bicyclic) bond motifs is 2. The summed E-state index contributed by atoms with van der Waals surface area (Å²) in [4.78, 5) is 12.2. The van der Waals surface area contributed by atoms with Crippen molar-refractivity contribution in [3.8, 4) is 11.3 Å².